The van der Waals surface area contributed by atoms with E-state index in [9.17, 15) is 9.59 Å². The number of anilines is 1. The summed E-state index contributed by atoms with van der Waals surface area (Å²) in [5.41, 5.74) is 2.89. The van der Waals surface area contributed by atoms with Crippen LogP contribution in [0.3, 0.4) is 0 Å². The van der Waals surface area contributed by atoms with Crippen LogP contribution in [0.4, 0.5) is 5.69 Å². The van der Waals surface area contributed by atoms with E-state index < -0.39 is 0 Å². The van der Waals surface area contributed by atoms with E-state index in [0.29, 0.717) is 24.2 Å². The molecule has 1 aromatic heterocycles. The summed E-state index contributed by atoms with van der Waals surface area (Å²) in [6.07, 6.45) is 6.46. The summed E-state index contributed by atoms with van der Waals surface area (Å²) in [6.45, 7) is 4.60. The molecule has 5 nitrogen and oxygen atoms in total. The average molecular weight is 321 g/mol. The van der Waals surface area contributed by atoms with Gasteiger partial charge in [-0.1, -0.05) is 24.3 Å². The Balaban J connectivity index is 1.86. The topological polar surface area (TPSA) is 62.3 Å². The van der Waals surface area contributed by atoms with Crippen molar-refractivity contribution in [3.05, 3.63) is 72.1 Å². The fourth-order valence-corrected chi connectivity index (χ4v) is 2.85. The van der Waals surface area contributed by atoms with Gasteiger partial charge >= 0.3 is 0 Å². The van der Waals surface area contributed by atoms with E-state index >= 15 is 0 Å². The normalized spacial score (nSPS) is 13.1. The first-order chi connectivity index (χ1) is 11.7. The predicted molar refractivity (Wildman–Crippen MR) is 93.2 cm³/mol. The van der Waals surface area contributed by atoms with Gasteiger partial charge in [0.25, 0.3) is 11.8 Å². The van der Waals surface area contributed by atoms with Gasteiger partial charge in [-0.05, 0) is 30.5 Å². The lowest BCUT2D eigenvalue weighted by Gasteiger charge is -2.29. The Morgan fingerprint density at radius 3 is 2.88 bits per heavy atom. The summed E-state index contributed by atoms with van der Waals surface area (Å²) in [7, 11) is 0. The van der Waals surface area contributed by atoms with E-state index in [1.807, 2.05) is 24.3 Å². The van der Waals surface area contributed by atoms with E-state index in [0.717, 1.165) is 18.5 Å². The van der Waals surface area contributed by atoms with E-state index in [1.54, 1.807) is 17.0 Å². The first kappa shape index (κ1) is 15.9. The summed E-state index contributed by atoms with van der Waals surface area (Å²) in [4.78, 5) is 30.7. The van der Waals surface area contributed by atoms with Crippen molar-refractivity contribution in [1.82, 2.24) is 10.3 Å². The highest BCUT2D eigenvalue weighted by atomic mass is 16.2. The molecule has 122 valence electrons. The maximum atomic E-state index is 12.9. The molecule has 0 bridgehead atoms. The standard InChI is InChI=1S/C19H19N3O2/c1-2-9-21-18(23)15-11-16(13-20-12-15)19(24)22-10-5-7-14-6-3-4-8-17(14)22/h2-4,6,8,11-13H,1,5,7,9-10H2,(H,21,23). The molecule has 0 saturated heterocycles. The summed E-state index contributed by atoms with van der Waals surface area (Å²) in [6, 6.07) is 9.51. The number of carbonyl (C=O) groups excluding carboxylic acids is 2. The summed E-state index contributed by atoms with van der Waals surface area (Å²) in [5.74, 6) is -0.399. The molecular formula is C19H19N3O2. The number of nitrogens with one attached hydrogen (secondary N) is 1. The largest absolute Gasteiger partial charge is 0.349 e. The maximum absolute atomic E-state index is 12.9. The van der Waals surface area contributed by atoms with E-state index in [1.165, 1.54) is 18.0 Å². The van der Waals surface area contributed by atoms with Crippen molar-refractivity contribution >= 4 is 17.5 Å². The molecule has 0 fully saturated rings. The highest BCUT2D eigenvalue weighted by Gasteiger charge is 2.24. The Morgan fingerprint density at radius 1 is 1.25 bits per heavy atom. The van der Waals surface area contributed by atoms with Gasteiger partial charge in [-0.3, -0.25) is 14.6 Å². The van der Waals surface area contributed by atoms with Crippen LogP contribution in [0.25, 0.3) is 0 Å². The third-order valence-electron chi connectivity index (χ3n) is 4.01. The van der Waals surface area contributed by atoms with Crippen molar-refractivity contribution in [2.24, 2.45) is 0 Å². The number of aryl methyl sites for hydroxylation is 1. The van der Waals surface area contributed by atoms with Gasteiger partial charge in [0.1, 0.15) is 0 Å². The quantitative estimate of drug-likeness (QED) is 0.881. The van der Waals surface area contributed by atoms with Crippen LogP contribution >= 0.6 is 0 Å². The second kappa shape index (κ2) is 7.08. The molecule has 0 spiro atoms. The lowest BCUT2D eigenvalue weighted by Crippen LogP contribution is -2.35. The second-order valence-corrected chi connectivity index (χ2v) is 5.65. The van der Waals surface area contributed by atoms with Crippen LogP contribution in [-0.4, -0.2) is 29.9 Å². The summed E-state index contributed by atoms with van der Waals surface area (Å²) >= 11 is 0. The number of benzene rings is 1. The number of fused-ring (bicyclic) bond motifs is 1. The minimum absolute atomic E-state index is 0.131. The Morgan fingerprint density at radius 2 is 2.04 bits per heavy atom. The van der Waals surface area contributed by atoms with E-state index in [2.05, 4.69) is 16.9 Å². The molecule has 1 aromatic carbocycles. The molecule has 0 radical (unpaired) electrons. The van der Waals surface area contributed by atoms with Gasteiger partial charge in [0, 0.05) is 31.2 Å². The molecule has 2 heterocycles. The van der Waals surface area contributed by atoms with Crippen LogP contribution in [0.5, 0.6) is 0 Å². The van der Waals surface area contributed by atoms with Crippen LogP contribution in [0, 0.1) is 0 Å². The zero-order chi connectivity index (χ0) is 16.9. The van der Waals surface area contributed by atoms with Gasteiger partial charge in [0.15, 0.2) is 0 Å². The van der Waals surface area contributed by atoms with Gasteiger partial charge in [0.05, 0.1) is 11.1 Å². The number of nitrogens with zero attached hydrogens (tertiary/aromatic N) is 2. The Bertz CT molecular complexity index is 786. The zero-order valence-electron chi connectivity index (χ0n) is 13.4. The van der Waals surface area contributed by atoms with E-state index in [4.69, 9.17) is 0 Å². The van der Waals surface area contributed by atoms with Crippen molar-refractivity contribution in [2.45, 2.75) is 12.8 Å². The number of carbonyl (C=O) groups is 2. The fourth-order valence-electron chi connectivity index (χ4n) is 2.85. The molecule has 1 aliphatic rings. The summed E-state index contributed by atoms with van der Waals surface area (Å²) in [5, 5.41) is 2.69. The van der Waals surface area contributed by atoms with Crippen LogP contribution < -0.4 is 10.2 Å². The van der Waals surface area contributed by atoms with Crippen molar-refractivity contribution in [3.63, 3.8) is 0 Å². The Hall–Kier alpha value is -2.95. The second-order valence-electron chi connectivity index (χ2n) is 5.65. The van der Waals surface area contributed by atoms with Crippen LogP contribution in [0.15, 0.2) is 55.4 Å². The van der Waals surface area contributed by atoms with Gasteiger partial charge in [-0.15, -0.1) is 6.58 Å². The van der Waals surface area contributed by atoms with Gasteiger partial charge < -0.3 is 10.2 Å². The number of rotatable bonds is 4. The van der Waals surface area contributed by atoms with E-state index in [-0.39, 0.29) is 11.8 Å². The molecular weight excluding hydrogens is 302 g/mol. The highest BCUT2D eigenvalue weighted by Crippen LogP contribution is 2.28. The number of aromatic nitrogens is 1. The van der Waals surface area contributed by atoms with Crippen LogP contribution in [0.2, 0.25) is 0 Å². The maximum Gasteiger partial charge on any atom is 0.259 e. The average Bonchev–Trinajstić information content (AvgIpc) is 2.65. The third-order valence-corrected chi connectivity index (χ3v) is 4.01. The summed E-state index contributed by atoms with van der Waals surface area (Å²) < 4.78 is 0. The van der Waals surface area contributed by atoms with Gasteiger partial charge in [0.2, 0.25) is 0 Å². The zero-order valence-corrected chi connectivity index (χ0v) is 13.4. The lowest BCUT2D eigenvalue weighted by atomic mass is 10.0. The third kappa shape index (κ3) is 3.20. The molecule has 1 aliphatic heterocycles. The van der Waals surface area contributed by atoms with Crippen molar-refractivity contribution in [1.29, 1.82) is 0 Å². The minimum atomic E-state index is -0.268. The molecule has 2 aromatic rings. The molecule has 2 amide bonds. The smallest absolute Gasteiger partial charge is 0.259 e. The van der Waals surface area contributed by atoms with Gasteiger partial charge in [-0.25, -0.2) is 0 Å². The molecule has 0 unspecified atom stereocenters. The van der Waals surface area contributed by atoms with Gasteiger partial charge in [-0.2, -0.15) is 0 Å². The lowest BCUT2D eigenvalue weighted by molar-refractivity contribution is 0.0957. The molecule has 24 heavy (non-hydrogen) atoms. The van der Waals surface area contributed by atoms with Crippen molar-refractivity contribution in [2.75, 3.05) is 18.0 Å². The number of amides is 2. The number of pyridine rings is 1. The number of para-hydroxylation sites is 1. The highest BCUT2D eigenvalue weighted by molar-refractivity contribution is 6.08. The minimum Gasteiger partial charge on any atom is -0.349 e. The van der Waals surface area contributed by atoms with Crippen molar-refractivity contribution in [3.8, 4) is 0 Å². The van der Waals surface area contributed by atoms with Crippen LogP contribution in [-0.2, 0) is 6.42 Å². The monoisotopic (exact) mass is 321 g/mol. The molecule has 0 atom stereocenters. The molecule has 5 heteroatoms. The molecule has 1 N–H and O–H groups in total. The van der Waals surface area contributed by atoms with Crippen molar-refractivity contribution < 1.29 is 9.59 Å². The molecule has 0 saturated carbocycles. The first-order valence-corrected chi connectivity index (χ1v) is 7.94. The SMILES string of the molecule is C=CCNC(=O)c1cncc(C(=O)N2CCCc3ccccc32)c1. The van der Waals surface area contributed by atoms with Crippen LogP contribution in [0.1, 0.15) is 32.7 Å². The Labute approximate surface area is 141 Å². The predicted octanol–water partition coefficient (Wildman–Crippen LogP) is 2.59. The first-order valence-electron chi connectivity index (χ1n) is 7.94. The molecule has 0 aliphatic carbocycles. The number of hydrogen-bond acceptors (Lipinski definition) is 3. The molecule has 3 rings (SSSR count). The number of hydrogen-bond donors (Lipinski definition) is 1. The fraction of sp³-hybridized carbons (Fsp3) is 0.211. The Kier molecular flexibility index (Phi) is 4.70.